The zero-order chi connectivity index (χ0) is 13.7. The molecule has 19 heavy (non-hydrogen) atoms. The highest BCUT2D eigenvalue weighted by Gasteiger charge is 2.10. The van der Waals surface area contributed by atoms with Gasteiger partial charge in [0.05, 0.1) is 0 Å². The van der Waals surface area contributed by atoms with E-state index in [1.54, 1.807) is 18.5 Å². The monoisotopic (exact) mass is 258 g/mol. The summed E-state index contributed by atoms with van der Waals surface area (Å²) in [5.41, 5.74) is 3.44. The van der Waals surface area contributed by atoms with Gasteiger partial charge in [-0.2, -0.15) is 0 Å². The fraction of sp³-hybridized carbons (Fsp3) is 0.312. The zero-order valence-corrected chi connectivity index (χ0v) is 11.4. The number of aryl methyl sites for hydroxylation is 1. The lowest BCUT2D eigenvalue weighted by Crippen LogP contribution is -2.30. The summed E-state index contributed by atoms with van der Waals surface area (Å²) < 4.78 is 13.3. The summed E-state index contributed by atoms with van der Waals surface area (Å²) in [7, 11) is 1.94. The maximum absolute atomic E-state index is 13.3. The van der Waals surface area contributed by atoms with Crippen molar-refractivity contribution in [2.45, 2.75) is 25.8 Å². The Kier molecular flexibility index (Phi) is 4.63. The summed E-state index contributed by atoms with van der Waals surface area (Å²) in [6.07, 6.45) is 5.34. The quantitative estimate of drug-likeness (QED) is 0.892. The van der Waals surface area contributed by atoms with E-state index in [0.29, 0.717) is 6.04 Å². The first-order valence-electron chi connectivity index (χ1n) is 6.50. The Labute approximate surface area is 113 Å². The number of likely N-dealkylation sites (N-methyl/N-ethyl adjacent to an activating group) is 1. The number of rotatable bonds is 5. The Hall–Kier alpha value is -1.74. The smallest absolute Gasteiger partial charge is 0.123 e. The van der Waals surface area contributed by atoms with Crippen LogP contribution in [0.15, 0.2) is 42.7 Å². The summed E-state index contributed by atoms with van der Waals surface area (Å²) in [5.74, 6) is -0.167. The standard InChI is InChI=1S/C16H19FN2/c1-12-3-4-15(17)10-14(12)11-16(18-2)9-13-5-7-19-8-6-13/h3-8,10,16,18H,9,11H2,1-2H3. The van der Waals surface area contributed by atoms with Gasteiger partial charge in [0.2, 0.25) is 0 Å². The molecule has 1 atom stereocenters. The predicted octanol–water partition coefficient (Wildman–Crippen LogP) is 2.90. The Bertz CT molecular complexity index is 526. The highest BCUT2D eigenvalue weighted by molar-refractivity contribution is 5.28. The molecule has 0 bridgehead atoms. The molecule has 0 amide bonds. The van der Waals surface area contributed by atoms with Crippen molar-refractivity contribution in [3.63, 3.8) is 0 Å². The lowest BCUT2D eigenvalue weighted by Gasteiger charge is -2.17. The molecule has 0 radical (unpaired) electrons. The van der Waals surface area contributed by atoms with E-state index in [1.807, 2.05) is 32.2 Å². The van der Waals surface area contributed by atoms with Crippen LogP contribution in [-0.4, -0.2) is 18.1 Å². The molecular weight excluding hydrogens is 239 g/mol. The molecule has 1 N–H and O–H groups in total. The van der Waals surface area contributed by atoms with Crippen LogP contribution in [0.2, 0.25) is 0 Å². The molecule has 2 aromatic rings. The van der Waals surface area contributed by atoms with Gasteiger partial charge in [-0.3, -0.25) is 4.98 Å². The van der Waals surface area contributed by atoms with Crippen LogP contribution >= 0.6 is 0 Å². The largest absolute Gasteiger partial charge is 0.316 e. The number of nitrogens with zero attached hydrogens (tertiary/aromatic N) is 1. The summed E-state index contributed by atoms with van der Waals surface area (Å²) in [6, 6.07) is 9.31. The number of nitrogens with one attached hydrogen (secondary N) is 1. The second kappa shape index (κ2) is 6.43. The number of pyridine rings is 1. The van der Waals surface area contributed by atoms with Gasteiger partial charge >= 0.3 is 0 Å². The van der Waals surface area contributed by atoms with E-state index in [4.69, 9.17) is 0 Å². The van der Waals surface area contributed by atoms with Gasteiger partial charge in [0.25, 0.3) is 0 Å². The van der Waals surface area contributed by atoms with Crippen molar-refractivity contribution < 1.29 is 4.39 Å². The third kappa shape index (κ3) is 3.86. The molecule has 0 saturated heterocycles. The molecule has 2 rings (SSSR count). The third-order valence-corrected chi connectivity index (χ3v) is 3.42. The van der Waals surface area contributed by atoms with Crippen molar-refractivity contribution in [1.29, 1.82) is 0 Å². The van der Waals surface area contributed by atoms with E-state index in [1.165, 1.54) is 11.6 Å². The van der Waals surface area contributed by atoms with Crippen LogP contribution in [0.25, 0.3) is 0 Å². The van der Waals surface area contributed by atoms with Gasteiger partial charge in [-0.15, -0.1) is 0 Å². The first-order chi connectivity index (χ1) is 9.19. The van der Waals surface area contributed by atoms with E-state index >= 15 is 0 Å². The molecule has 0 aliphatic heterocycles. The Balaban J connectivity index is 2.09. The minimum atomic E-state index is -0.167. The normalized spacial score (nSPS) is 12.4. The average molecular weight is 258 g/mol. The number of halogens is 1. The van der Waals surface area contributed by atoms with Gasteiger partial charge in [0, 0.05) is 18.4 Å². The molecule has 0 saturated carbocycles. The van der Waals surface area contributed by atoms with Crippen LogP contribution in [0.3, 0.4) is 0 Å². The minimum absolute atomic E-state index is 0.167. The van der Waals surface area contributed by atoms with Crippen LogP contribution in [0, 0.1) is 12.7 Å². The molecule has 0 aliphatic rings. The van der Waals surface area contributed by atoms with E-state index in [0.717, 1.165) is 24.0 Å². The maximum atomic E-state index is 13.3. The molecule has 0 spiro atoms. The van der Waals surface area contributed by atoms with Crippen molar-refractivity contribution in [2.24, 2.45) is 0 Å². The number of hydrogen-bond acceptors (Lipinski definition) is 2. The topological polar surface area (TPSA) is 24.9 Å². The molecule has 0 fully saturated rings. The van der Waals surface area contributed by atoms with Crippen LogP contribution in [0.1, 0.15) is 16.7 Å². The summed E-state index contributed by atoms with van der Waals surface area (Å²) >= 11 is 0. The fourth-order valence-corrected chi connectivity index (χ4v) is 2.21. The third-order valence-electron chi connectivity index (χ3n) is 3.42. The lowest BCUT2D eigenvalue weighted by molar-refractivity contribution is 0.551. The number of hydrogen-bond donors (Lipinski definition) is 1. The number of aromatic nitrogens is 1. The van der Waals surface area contributed by atoms with Crippen molar-refractivity contribution in [3.05, 3.63) is 65.2 Å². The van der Waals surface area contributed by atoms with Crippen LogP contribution < -0.4 is 5.32 Å². The van der Waals surface area contributed by atoms with Gasteiger partial charge < -0.3 is 5.32 Å². The van der Waals surface area contributed by atoms with Crippen molar-refractivity contribution in [2.75, 3.05) is 7.05 Å². The molecular formula is C16H19FN2. The van der Waals surface area contributed by atoms with E-state index < -0.39 is 0 Å². The fourth-order valence-electron chi connectivity index (χ4n) is 2.21. The van der Waals surface area contributed by atoms with Crippen LogP contribution in [-0.2, 0) is 12.8 Å². The van der Waals surface area contributed by atoms with E-state index in [-0.39, 0.29) is 5.82 Å². The summed E-state index contributed by atoms with van der Waals surface area (Å²) in [6.45, 7) is 2.02. The average Bonchev–Trinajstić information content (AvgIpc) is 2.43. The van der Waals surface area contributed by atoms with Gasteiger partial charge in [-0.1, -0.05) is 6.07 Å². The number of benzene rings is 1. The molecule has 0 aliphatic carbocycles. The summed E-state index contributed by atoms with van der Waals surface area (Å²) in [4.78, 5) is 4.02. The molecule has 1 heterocycles. The first-order valence-corrected chi connectivity index (χ1v) is 6.50. The zero-order valence-electron chi connectivity index (χ0n) is 11.4. The first kappa shape index (κ1) is 13.7. The maximum Gasteiger partial charge on any atom is 0.123 e. The van der Waals surface area contributed by atoms with Crippen molar-refractivity contribution in [1.82, 2.24) is 10.3 Å². The second-order valence-electron chi connectivity index (χ2n) is 4.82. The SMILES string of the molecule is CNC(Cc1ccncc1)Cc1cc(F)ccc1C. The second-order valence-corrected chi connectivity index (χ2v) is 4.82. The van der Waals surface area contributed by atoms with Crippen LogP contribution in [0.4, 0.5) is 4.39 Å². The highest BCUT2D eigenvalue weighted by Crippen LogP contribution is 2.14. The van der Waals surface area contributed by atoms with Gasteiger partial charge in [-0.25, -0.2) is 4.39 Å². The van der Waals surface area contributed by atoms with Crippen molar-refractivity contribution in [3.8, 4) is 0 Å². The lowest BCUT2D eigenvalue weighted by atomic mass is 9.97. The minimum Gasteiger partial charge on any atom is -0.316 e. The van der Waals surface area contributed by atoms with Gasteiger partial charge in [0.1, 0.15) is 5.82 Å². The van der Waals surface area contributed by atoms with E-state index in [9.17, 15) is 4.39 Å². The van der Waals surface area contributed by atoms with Crippen LogP contribution in [0.5, 0.6) is 0 Å². The molecule has 100 valence electrons. The molecule has 1 aromatic heterocycles. The predicted molar refractivity (Wildman–Crippen MR) is 75.6 cm³/mol. The Morgan fingerprint density at radius 2 is 1.89 bits per heavy atom. The molecule has 3 heteroatoms. The Morgan fingerprint density at radius 1 is 1.16 bits per heavy atom. The van der Waals surface area contributed by atoms with Gasteiger partial charge in [0.15, 0.2) is 0 Å². The highest BCUT2D eigenvalue weighted by atomic mass is 19.1. The molecule has 2 nitrogen and oxygen atoms in total. The Morgan fingerprint density at radius 3 is 2.58 bits per heavy atom. The van der Waals surface area contributed by atoms with Crippen molar-refractivity contribution >= 4 is 0 Å². The molecule has 1 unspecified atom stereocenters. The van der Waals surface area contributed by atoms with Gasteiger partial charge in [-0.05, 0) is 67.8 Å². The molecule has 1 aromatic carbocycles. The van der Waals surface area contributed by atoms with E-state index in [2.05, 4.69) is 10.3 Å². The summed E-state index contributed by atoms with van der Waals surface area (Å²) in [5, 5.41) is 3.30.